The van der Waals surface area contributed by atoms with Crippen LogP contribution in [-0.4, -0.2) is 97.1 Å². The third-order valence-corrected chi connectivity index (χ3v) is 21.0. The van der Waals surface area contributed by atoms with E-state index in [2.05, 4.69) is 161 Å². The van der Waals surface area contributed by atoms with Gasteiger partial charge in [-0.25, -0.2) is 0 Å². The predicted molar refractivity (Wildman–Crippen MR) is 357 cm³/mol. The second kappa shape index (κ2) is 24.0. The normalized spacial score (nSPS) is 22.1. The summed E-state index contributed by atoms with van der Waals surface area (Å²) in [6.07, 6.45) is 24.2. The van der Waals surface area contributed by atoms with Crippen molar-refractivity contribution < 1.29 is 66.8 Å². The number of halogens is 2. The van der Waals surface area contributed by atoms with Crippen LogP contribution in [0, 0.1) is 0 Å². The molecule has 8 heterocycles. The van der Waals surface area contributed by atoms with Crippen LogP contribution in [0.25, 0.3) is 0 Å². The van der Waals surface area contributed by atoms with E-state index in [1.807, 2.05) is 24.3 Å². The van der Waals surface area contributed by atoms with Crippen molar-refractivity contribution in [2.45, 2.75) is 141 Å². The minimum Gasteiger partial charge on any atom is -0.481 e. The number of rotatable bonds is 14. The van der Waals surface area contributed by atoms with E-state index in [-0.39, 0.29) is 61.7 Å². The van der Waals surface area contributed by atoms with E-state index < -0.39 is 11.9 Å². The van der Waals surface area contributed by atoms with Crippen LogP contribution in [0.4, 0.5) is 22.7 Å². The number of anilines is 2. The van der Waals surface area contributed by atoms with Crippen molar-refractivity contribution in [2.24, 2.45) is 0 Å². The number of fused-ring (bicyclic) bond motifs is 8. The number of aliphatic carboxylic acids is 2. The molecule has 0 saturated carbocycles. The van der Waals surface area contributed by atoms with Crippen molar-refractivity contribution in [1.29, 1.82) is 0 Å². The van der Waals surface area contributed by atoms with Crippen molar-refractivity contribution in [3.05, 3.63) is 163 Å². The lowest BCUT2D eigenvalue weighted by molar-refractivity contribution is -0.438. The number of nitrogens with zero attached hydrogens (tertiary/aromatic N) is 4. The minimum atomic E-state index is -0.815. The third kappa shape index (κ3) is 11.0. The number of benzene rings is 4. The van der Waals surface area contributed by atoms with Gasteiger partial charge < -0.3 is 57.9 Å². The molecule has 0 unspecified atom stereocenters. The molecule has 92 heavy (non-hydrogen) atoms. The monoisotopic (exact) mass is 1290 g/mol. The molecule has 0 saturated heterocycles. The summed E-state index contributed by atoms with van der Waals surface area (Å²) in [7, 11) is 4.24. The highest BCUT2D eigenvalue weighted by Crippen LogP contribution is 2.55. The van der Waals surface area contributed by atoms with Crippen LogP contribution >= 0.6 is 23.2 Å². The zero-order chi connectivity index (χ0) is 64.8. The molecule has 0 amide bonds. The molecule has 0 atom stereocenters. The lowest BCUT2D eigenvalue weighted by Gasteiger charge is -2.27. The smallest absolute Gasteiger partial charge is 0.303 e. The molecule has 2 N–H and O–H groups in total. The summed E-state index contributed by atoms with van der Waals surface area (Å²) in [4.78, 5) is 27.3. The largest absolute Gasteiger partial charge is 0.481 e. The molecule has 2 aliphatic carbocycles. The van der Waals surface area contributed by atoms with E-state index in [0.717, 1.165) is 140 Å². The van der Waals surface area contributed by atoms with E-state index in [1.165, 1.54) is 33.7 Å². The maximum atomic E-state index is 11.4. The average molecular weight is 1290 g/mol. The average Bonchev–Trinajstić information content (AvgIpc) is 1.61. The number of carboxylic acids is 2. The summed E-state index contributed by atoms with van der Waals surface area (Å²) in [6, 6.07) is 16.5. The Morgan fingerprint density at radius 3 is 1.45 bits per heavy atom. The van der Waals surface area contributed by atoms with Gasteiger partial charge in [-0.3, -0.25) is 9.59 Å². The van der Waals surface area contributed by atoms with E-state index in [4.69, 9.17) is 61.1 Å². The molecule has 0 bridgehead atoms. The van der Waals surface area contributed by atoms with Gasteiger partial charge in [-0.05, 0) is 142 Å². The molecule has 16 nitrogen and oxygen atoms in total. The first kappa shape index (κ1) is 62.5. The Balaban J connectivity index is 0.000000172. The number of carboxylic acid groups (broad SMARTS) is 2. The maximum Gasteiger partial charge on any atom is 0.303 e. The van der Waals surface area contributed by atoms with E-state index in [1.54, 1.807) is 0 Å². The summed E-state index contributed by atoms with van der Waals surface area (Å²) in [5.74, 6) is 4.46. The number of carbonyl (C=O) groups is 2. The van der Waals surface area contributed by atoms with Gasteiger partial charge in [-0.15, -0.1) is 0 Å². The van der Waals surface area contributed by atoms with E-state index >= 15 is 0 Å². The lowest BCUT2D eigenvalue weighted by Crippen LogP contribution is -2.28. The minimum absolute atomic E-state index is 0.0806. The van der Waals surface area contributed by atoms with Crippen molar-refractivity contribution in [3.8, 4) is 46.0 Å². The second-order valence-corrected chi connectivity index (χ2v) is 27.9. The van der Waals surface area contributed by atoms with Gasteiger partial charge in [-0.2, -0.15) is 9.15 Å². The summed E-state index contributed by atoms with van der Waals surface area (Å²) in [5.41, 5.74) is 16.9. The fraction of sp³-hybridized carbons (Fsp3) is 0.405. The molecule has 18 heteroatoms. The Labute approximate surface area is 547 Å². The molecular weight excluding hydrogens is 1210 g/mol. The molecule has 8 aliphatic heterocycles. The molecule has 0 fully saturated rings. The number of ether oxygens (including phenoxy) is 8. The van der Waals surface area contributed by atoms with Gasteiger partial charge in [0.05, 0.1) is 29.4 Å². The Kier molecular flexibility index (Phi) is 16.3. The Morgan fingerprint density at radius 2 is 0.913 bits per heavy atom. The predicted octanol–water partition coefficient (Wildman–Crippen LogP) is 15.7. The SMILES string of the molecule is CC1(C)C(/C=C/C2=C(Cl)C(=C/C=C3\N(CCCC(=O)O)c4cc5c(cc4C3(C)C)OCO5)CCC2)=[N+](CCCC(=O)O)c2cc3c(cc21)OCO3.CN1/C(=C\C=C2CCCC(/C=C/C3=[N+](C)c4cc5c(cc4C3(C)C)OCO5)=C2Cl)C(C)(C)c2cc3c(cc21)OCO3. The standard InChI is InChI=1S/C40H43ClN2O8.C34H36ClN2O4/c1-39(2)26-18-30-32(50-22-48-30)20-28(26)42(16-6-10-36(44)45)34(39)14-12-24-8-5-9-25(38(24)41)13-15-35-40(3,4)27-19-31-33(51-23-49-31)21-29(27)43(35)17-7-11-37(46)47;1-33(2)22-14-26-28(40-18-38-26)16-24(22)36(5)30(33)12-10-20-8-7-9-21(32(20)35)11-13-31-34(3,4)23-15-27-29(41-19-39-27)17-25(23)37(31)6/h12-15,18-21H,5-11,16-17,22-23H2,1-4H3,(H-,44,45,46,47);10-17H,7-9,18-19H2,1-6H3/q;+1/p+1. The lowest BCUT2D eigenvalue weighted by atomic mass is 9.81. The van der Waals surface area contributed by atoms with Gasteiger partial charge in [-0.1, -0.05) is 75.2 Å². The van der Waals surface area contributed by atoms with Crippen molar-refractivity contribution >= 4 is 69.3 Å². The van der Waals surface area contributed by atoms with E-state index in [9.17, 15) is 19.8 Å². The summed E-state index contributed by atoms with van der Waals surface area (Å²) < 4.78 is 49.9. The Hall–Kier alpha value is -8.34. The van der Waals surface area contributed by atoms with Crippen LogP contribution in [0.1, 0.15) is 142 Å². The fourth-order valence-corrected chi connectivity index (χ4v) is 15.6. The maximum absolute atomic E-state index is 11.4. The first-order valence-corrected chi connectivity index (χ1v) is 32.6. The molecule has 0 spiro atoms. The Morgan fingerprint density at radius 1 is 0.500 bits per heavy atom. The summed E-state index contributed by atoms with van der Waals surface area (Å²) in [6.45, 7) is 19.8. The number of hydrogen-bond donors (Lipinski definition) is 2. The van der Waals surface area contributed by atoms with Gasteiger partial charge in [0.2, 0.25) is 38.5 Å². The summed E-state index contributed by atoms with van der Waals surface area (Å²) >= 11 is 14.3. The first-order chi connectivity index (χ1) is 43.9. The highest BCUT2D eigenvalue weighted by atomic mass is 35.5. The van der Waals surface area contributed by atoms with Gasteiger partial charge in [0, 0.05) is 106 Å². The summed E-state index contributed by atoms with van der Waals surface area (Å²) in [5, 5.41) is 20.3. The topological polar surface area (TPSA) is 161 Å². The molecule has 4 aromatic rings. The number of hydrogen-bond acceptors (Lipinski definition) is 12. The van der Waals surface area contributed by atoms with E-state index in [0.29, 0.717) is 37.4 Å². The van der Waals surface area contributed by atoms with Crippen molar-refractivity contribution in [1.82, 2.24) is 0 Å². The van der Waals surface area contributed by atoms with Gasteiger partial charge >= 0.3 is 11.9 Å². The zero-order valence-corrected chi connectivity index (χ0v) is 55.6. The zero-order valence-electron chi connectivity index (χ0n) is 54.1. The molecule has 480 valence electrons. The van der Waals surface area contributed by atoms with Crippen LogP contribution < -0.4 is 47.7 Å². The molecule has 0 radical (unpaired) electrons. The van der Waals surface area contributed by atoms with Crippen LogP contribution in [-0.2, 0) is 31.2 Å². The molecular formula is C74H80Cl2N4O12+2. The molecule has 10 aliphatic rings. The van der Waals surface area contributed by atoms with Crippen LogP contribution in [0.2, 0.25) is 0 Å². The van der Waals surface area contributed by atoms with Crippen molar-refractivity contribution in [2.75, 3.05) is 64.2 Å². The van der Waals surface area contributed by atoms with Gasteiger partial charge in [0.25, 0.3) is 0 Å². The number of likely N-dealkylation sites (N-methyl/N-ethyl adjacent to an activating group) is 1. The molecule has 4 aromatic carbocycles. The molecule has 0 aromatic heterocycles. The van der Waals surface area contributed by atoms with Crippen LogP contribution in [0.15, 0.2) is 141 Å². The van der Waals surface area contributed by atoms with Crippen molar-refractivity contribution in [3.63, 3.8) is 0 Å². The quantitative estimate of drug-likeness (QED) is 0.115. The van der Waals surface area contributed by atoms with Crippen LogP contribution in [0.3, 0.4) is 0 Å². The molecule has 14 rings (SSSR count). The second-order valence-electron chi connectivity index (χ2n) is 27.1. The highest BCUT2D eigenvalue weighted by Gasteiger charge is 2.48. The van der Waals surface area contributed by atoms with Crippen LogP contribution in [0.5, 0.6) is 46.0 Å². The third-order valence-electron chi connectivity index (χ3n) is 20.1. The number of allylic oxidation sites excluding steroid dienone is 16. The highest BCUT2D eigenvalue weighted by molar-refractivity contribution is 6.33. The van der Waals surface area contributed by atoms with Gasteiger partial charge in [0.15, 0.2) is 57.4 Å². The van der Waals surface area contributed by atoms with Gasteiger partial charge in [0.1, 0.15) is 13.6 Å². The Bertz CT molecular complexity index is 4150. The fourth-order valence-electron chi connectivity index (χ4n) is 14.9. The first-order valence-electron chi connectivity index (χ1n) is 31.9.